The van der Waals surface area contributed by atoms with Crippen molar-refractivity contribution in [2.75, 3.05) is 10.5 Å². The first-order chi connectivity index (χ1) is 9.85. The van der Waals surface area contributed by atoms with E-state index < -0.39 is 15.8 Å². The van der Waals surface area contributed by atoms with Gasteiger partial charge in [0.15, 0.2) is 0 Å². The van der Waals surface area contributed by atoms with Crippen LogP contribution >= 0.6 is 11.6 Å². The molecule has 0 saturated heterocycles. The zero-order valence-corrected chi connectivity index (χ0v) is 12.0. The zero-order valence-electron chi connectivity index (χ0n) is 10.5. The molecule has 0 aliphatic carbocycles. The van der Waals surface area contributed by atoms with Crippen molar-refractivity contribution >= 4 is 33.0 Å². The number of nitrogens with one attached hydrogen (secondary N) is 1. The van der Waals surface area contributed by atoms with Gasteiger partial charge in [-0.25, -0.2) is 12.8 Å². The quantitative estimate of drug-likeness (QED) is 0.848. The number of nitriles is 1. The number of hydrogen-bond acceptors (Lipinski definition) is 4. The van der Waals surface area contributed by atoms with Crippen LogP contribution in [0.5, 0.6) is 0 Å². The Kier molecular flexibility index (Phi) is 4.02. The Morgan fingerprint density at radius 1 is 1.29 bits per heavy atom. The molecule has 0 unspecified atom stereocenters. The minimum Gasteiger partial charge on any atom is -0.397 e. The van der Waals surface area contributed by atoms with Crippen molar-refractivity contribution in [1.29, 1.82) is 5.26 Å². The van der Waals surface area contributed by atoms with Crippen LogP contribution in [-0.4, -0.2) is 8.42 Å². The zero-order chi connectivity index (χ0) is 15.6. The van der Waals surface area contributed by atoms with E-state index in [4.69, 9.17) is 22.6 Å². The molecule has 0 aliphatic rings. The van der Waals surface area contributed by atoms with Gasteiger partial charge in [-0.15, -0.1) is 0 Å². The highest BCUT2D eigenvalue weighted by Crippen LogP contribution is 2.25. The second-order valence-corrected chi connectivity index (χ2v) is 6.15. The number of benzene rings is 2. The summed E-state index contributed by atoms with van der Waals surface area (Å²) in [4.78, 5) is -0.141. The molecule has 3 N–H and O–H groups in total. The van der Waals surface area contributed by atoms with Gasteiger partial charge < -0.3 is 5.73 Å². The van der Waals surface area contributed by atoms with E-state index in [0.717, 1.165) is 6.07 Å². The third-order valence-corrected chi connectivity index (χ3v) is 4.35. The number of anilines is 2. The van der Waals surface area contributed by atoms with E-state index in [2.05, 4.69) is 4.72 Å². The smallest absolute Gasteiger partial charge is 0.262 e. The number of hydrogen-bond donors (Lipinski definition) is 2. The predicted molar refractivity (Wildman–Crippen MR) is 77.8 cm³/mol. The van der Waals surface area contributed by atoms with Crippen LogP contribution in [0.4, 0.5) is 15.8 Å². The molecule has 0 heterocycles. The number of halogens is 2. The standard InChI is InChI=1S/C13H9ClFN3O2S/c14-10-5-4-8(6-12(10)17)21(19,20)18-13-3-1-2-11(15)9(13)7-16/h1-6,18H,17H2. The van der Waals surface area contributed by atoms with E-state index >= 15 is 0 Å². The summed E-state index contributed by atoms with van der Waals surface area (Å²) in [6.07, 6.45) is 0. The molecule has 0 amide bonds. The molecule has 21 heavy (non-hydrogen) atoms. The maximum atomic E-state index is 13.5. The summed E-state index contributed by atoms with van der Waals surface area (Å²) in [5.74, 6) is -0.812. The lowest BCUT2D eigenvalue weighted by atomic mass is 10.2. The molecule has 0 radical (unpaired) electrons. The first-order valence-corrected chi connectivity index (χ1v) is 7.48. The van der Waals surface area contributed by atoms with Gasteiger partial charge in [0.25, 0.3) is 10.0 Å². The van der Waals surface area contributed by atoms with Crippen LogP contribution in [0.25, 0.3) is 0 Å². The lowest BCUT2D eigenvalue weighted by Gasteiger charge is -2.10. The summed E-state index contributed by atoms with van der Waals surface area (Å²) >= 11 is 5.73. The van der Waals surface area contributed by atoms with E-state index in [1.54, 1.807) is 6.07 Å². The summed E-state index contributed by atoms with van der Waals surface area (Å²) < 4.78 is 40.0. The van der Waals surface area contributed by atoms with Gasteiger partial charge in [0.2, 0.25) is 0 Å². The first kappa shape index (κ1) is 15.1. The first-order valence-electron chi connectivity index (χ1n) is 5.61. The maximum absolute atomic E-state index is 13.5. The van der Waals surface area contributed by atoms with Crippen LogP contribution in [-0.2, 0) is 10.0 Å². The normalized spacial score (nSPS) is 10.9. The topological polar surface area (TPSA) is 96.0 Å². The van der Waals surface area contributed by atoms with Crippen LogP contribution in [0, 0.1) is 17.1 Å². The lowest BCUT2D eigenvalue weighted by molar-refractivity contribution is 0.601. The average molecular weight is 326 g/mol. The average Bonchev–Trinajstić information content (AvgIpc) is 2.41. The highest BCUT2D eigenvalue weighted by Gasteiger charge is 2.18. The van der Waals surface area contributed by atoms with Gasteiger partial charge >= 0.3 is 0 Å². The van der Waals surface area contributed by atoms with E-state index in [1.165, 1.54) is 30.3 Å². The number of rotatable bonds is 3. The Bertz CT molecular complexity index is 847. The monoisotopic (exact) mass is 325 g/mol. The SMILES string of the molecule is N#Cc1c(F)cccc1NS(=O)(=O)c1ccc(Cl)c(N)c1. The molecule has 2 aromatic rings. The van der Waals surface area contributed by atoms with Crippen molar-refractivity contribution in [3.63, 3.8) is 0 Å². The van der Waals surface area contributed by atoms with E-state index in [1.807, 2.05) is 0 Å². The van der Waals surface area contributed by atoms with Gasteiger partial charge in [-0.1, -0.05) is 17.7 Å². The van der Waals surface area contributed by atoms with Gasteiger partial charge in [0, 0.05) is 0 Å². The molecule has 2 rings (SSSR count). The fraction of sp³-hybridized carbons (Fsp3) is 0. The van der Waals surface area contributed by atoms with Gasteiger partial charge in [-0.3, -0.25) is 4.72 Å². The summed E-state index contributed by atoms with van der Waals surface area (Å²) in [5, 5.41) is 9.10. The minimum atomic E-state index is -4.01. The van der Waals surface area contributed by atoms with Crippen LogP contribution in [0.15, 0.2) is 41.3 Å². The molecule has 0 atom stereocenters. The number of nitrogens with zero attached hydrogens (tertiary/aromatic N) is 1. The van der Waals surface area contributed by atoms with Crippen molar-refractivity contribution in [3.05, 3.63) is 52.8 Å². The van der Waals surface area contributed by atoms with Crippen molar-refractivity contribution in [2.24, 2.45) is 0 Å². The third kappa shape index (κ3) is 3.07. The molecule has 0 fully saturated rings. The Hall–Kier alpha value is -2.30. The van der Waals surface area contributed by atoms with E-state index in [0.29, 0.717) is 0 Å². The molecule has 8 heteroatoms. The molecule has 0 spiro atoms. The second kappa shape index (κ2) is 5.60. The molecule has 0 aromatic heterocycles. The molecular formula is C13H9ClFN3O2S. The van der Waals surface area contributed by atoms with Crippen molar-refractivity contribution in [3.8, 4) is 6.07 Å². The van der Waals surface area contributed by atoms with Crippen LogP contribution in [0.3, 0.4) is 0 Å². The summed E-state index contributed by atoms with van der Waals surface area (Å²) in [6, 6.07) is 9.03. The van der Waals surface area contributed by atoms with Crippen LogP contribution in [0.1, 0.15) is 5.56 Å². The van der Waals surface area contributed by atoms with E-state index in [9.17, 15) is 12.8 Å². The van der Waals surface area contributed by atoms with Gasteiger partial charge in [0.1, 0.15) is 17.4 Å². The number of nitrogens with two attached hydrogens (primary N) is 1. The fourth-order valence-electron chi connectivity index (χ4n) is 1.62. The van der Waals surface area contributed by atoms with Crippen LogP contribution in [0.2, 0.25) is 5.02 Å². The largest absolute Gasteiger partial charge is 0.397 e. The number of nitrogen functional groups attached to an aromatic ring is 1. The Morgan fingerprint density at radius 2 is 2.00 bits per heavy atom. The Balaban J connectivity index is 2.45. The molecule has 108 valence electrons. The molecule has 0 saturated carbocycles. The van der Waals surface area contributed by atoms with Gasteiger partial charge in [-0.05, 0) is 30.3 Å². The van der Waals surface area contributed by atoms with Crippen molar-refractivity contribution < 1.29 is 12.8 Å². The second-order valence-electron chi connectivity index (χ2n) is 4.06. The van der Waals surface area contributed by atoms with Crippen LogP contribution < -0.4 is 10.5 Å². The Labute approximate surface area is 125 Å². The molecule has 0 aliphatic heterocycles. The minimum absolute atomic E-state index is 0.0966. The predicted octanol–water partition coefficient (Wildman–Crippen LogP) is 2.73. The molecule has 5 nitrogen and oxygen atoms in total. The Morgan fingerprint density at radius 3 is 2.62 bits per heavy atom. The van der Waals surface area contributed by atoms with Crippen molar-refractivity contribution in [1.82, 2.24) is 0 Å². The third-order valence-electron chi connectivity index (χ3n) is 2.65. The lowest BCUT2D eigenvalue weighted by Crippen LogP contribution is -2.14. The highest BCUT2D eigenvalue weighted by molar-refractivity contribution is 7.92. The maximum Gasteiger partial charge on any atom is 0.262 e. The molecule has 2 aromatic carbocycles. The fourth-order valence-corrected chi connectivity index (χ4v) is 2.84. The summed E-state index contributed by atoms with van der Waals surface area (Å²) in [7, 11) is -4.01. The van der Waals surface area contributed by atoms with Gasteiger partial charge in [0.05, 0.1) is 21.3 Å². The van der Waals surface area contributed by atoms with Gasteiger partial charge in [-0.2, -0.15) is 5.26 Å². The summed E-state index contributed by atoms with van der Waals surface area (Å²) in [6.45, 7) is 0. The van der Waals surface area contributed by atoms with Crippen molar-refractivity contribution in [2.45, 2.75) is 4.90 Å². The summed E-state index contributed by atoms with van der Waals surface area (Å²) in [5.41, 5.74) is 5.12. The highest BCUT2D eigenvalue weighted by atomic mass is 35.5. The molecule has 0 bridgehead atoms. The number of sulfonamides is 1. The van der Waals surface area contributed by atoms with E-state index in [-0.39, 0.29) is 26.9 Å². The molecular weight excluding hydrogens is 317 g/mol.